The molecule has 0 bridgehead atoms. The molecule has 8 nitrogen and oxygen atoms in total. The Labute approximate surface area is 193 Å². The molecule has 0 saturated carbocycles. The Morgan fingerprint density at radius 1 is 0.848 bits per heavy atom. The lowest BCUT2D eigenvalue weighted by atomic mass is 10.1. The van der Waals surface area contributed by atoms with Gasteiger partial charge in [0.1, 0.15) is 0 Å². The Balaban J connectivity index is 1.38. The number of carbonyl (C=O) groups excluding carboxylic acids is 1. The highest BCUT2D eigenvalue weighted by molar-refractivity contribution is 7.92. The Hall–Kier alpha value is -2.95. The second kappa shape index (κ2) is 9.12. The molecule has 1 N–H and O–H groups in total. The average Bonchev–Trinajstić information content (AvgIpc) is 2.79. The molecule has 0 radical (unpaired) electrons. The molecule has 0 unspecified atom stereocenters. The van der Waals surface area contributed by atoms with Crippen LogP contribution in [0, 0.1) is 0 Å². The number of benzene rings is 3. The van der Waals surface area contributed by atoms with Gasteiger partial charge in [0, 0.05) is 31.9 Å². The molecule has 0 spiro atoms. The number of nitrogens with one attached hydrogen (secondary N) is 1. The van der Waals surface area contributed by atoms with Crippen molar-refractivity contribution in [2.75, 3.05) is 37.2 Å². The summed E-state index contributed by atoms with van der Waals surface area (Å²) in [6, 6.07) is 19.2. The van der Waals surface area contributed by atoms with Gasteiger partial charge in [-0.15, -0.1) is 0 Å². The Morgan fingerprint density at radius 2 is 1.48 bits per heavy atom. The summed E-state index contributed by atoms with van der Waals surface area (Å²) in [7, 11) is -7.00. The van der Waals surface area contributed by atoms with Gasteiger partial charge < -0.3 is 4.90 Å². The lowest BCUT2D eigenvalue weighted by Crippen LogP contribution is -2.50. The largest absolute Gasteiger partial charge is 0.340 e. The second-order valence-electron chi connectivity index (χ2n) is 8.03. The Morgan fingerprint density at radius 3 is 2.12 bits per heavy atom. The number of carbonyl (C=O) groups is 1. The lowest BCUT2D eigenvalue weighted by Gasteiger charge is -2.33. The van der Waals surface area contributed by atoms with Crippen LogP contribution in [-0.4, -0.2) is 64.4 Å². The Kier molecular flexibility index (Phi) is 6.42. The fraction of sp³-hybridized carbons (Fsp3) is 0.261. The molecule has 1 fully saturated rings. The fourth-order valence-electron chi connectivity index (χ4n) is 3.79. The highest BCUT2D eigenvalue weighted by Gasteiger charge is 2.26. The topological polar surface area (TPSA) is 104 Å². The SMILES string of the molecule is CS(=O)(=O)N1CCN(C(=O)Cc2ccc(NS(=O)(=O)c3ccc4ccccc4c3)cc2)CC1. The monoisotopic (exact) mass is 487 g/mol. The van der Waals surface area contributed by atoms with Crippen LogP contribution in [0.4, 0.5) is 5.69 Å². The first-order valence-corrected chi connectivity index (χ1v) is 13.8. The number of anilines is 1. The van der Waals surface area contributed by atoms with Gasteiger partial charge in [-0.25, -0.2) is 16.8 Å². The predicted octanol–water partition coefficient (Wildman–Crippen LogP) is 2.29. The first-order chi connectivity index (χ1) is 15.6. The molecule has 3 aromatic carbocycles. The molecule has 1 amide bonds. The van der Waals surface area contributed by atoms with Crippen molar-refractivity contribution in [3.8, 4) is 0 Å². The van der Waals surface area contributed by atoms with Crippen LogP contribution >= 0.6 is 0 Å². The van der Waals surface area contributed by atoms with E-state index in [0.29, 0.717) is 31.9 Å². The van der Waals surface area contributed by atoms with Crippen LogP contribution in [0.2, 0.25) is 0 Å². The van der Waals surface area contributed by atoms with E-state index >= 15 is 0 Å². The molecule has 174 valence electrons. The van der Waals surface area contributed by atoms with Gasteiger partial charge >= 0.3 is 0 Å². The molecule has 1 heterocycles. The van der Waals surface area contributed by atoms with E-state index in [2.05, 4.69) is 4.72 Å². The summed E-state index contributed by atoms with van der Waals surface area (Å²) < 4.78 is 52.7. The fourth-order valence-corrected chi connectivity index (χ4v) is 5.71. The molecule has 4 rings (SSSR count). The smallest absolute Gasteiger partial charge is 0.261 e. The van der Waals surface area contributed by atoms with Crippen molar-refractivity contribution in [2.45, 2.75) is 11.3 Å². The number of piperazine rings is 1. The molecule has 1 aliphatic heterocycles. The normalized spacial score (nSPS) is 15.5. The summed E-state index contributed by atoms with van der Waals surface area (Å²) in [5.41, 5.74) is 1.15. The van der Waals surface area contributed by atoms with Crippen LogP contribution in [0.3, 0.4) is 0 Å². The number of hydrogen-bond donors (Lipinski definition) is 1. The third-order valence-electron chi connectivity index (χ3n) is 5.65. The number of nitrogens with zero attached hydrogens (tertiary/aromatic N) is 2. The van der Waals surface area contributed by atoms with Crippen LogP contribution < -0.4 is 4.72 Å². The average molecular weight is 488 g/mol. The predicted molar refractivity (Wildman–Crippen MR) is 128 cm³/mol. The van der Waals surface area contributed by atoms with E-state index in [-0.39, 0.29) is 17.2 Å². The van der Waals surface area contributed by atoms with Crippen LogP contribution in [0.1, 0.15) is 5.56 Å². The molecule has 10 heteroatoms. The van der Waals surface area contributed by atoms with E-state index in [1.165, 1.54) is 10.6 Å². The third-order valence-corrected chi connectivity index (χ3v) is 8.34. The zero-order valence-corrected chi connectivity index (χ0v) is 19.8. The molecule has 1 saturated heterocycles. The van der Waals surface area contributed by atoms with Crippen LogP contribution in [0.15, 0.2) is 71.6 Å². The van der Waals surface area contributed by atoms with Crippen molar-refractivity contribution in [1.82, 2.24) is 9.21 Å². The van der Waals surface area contributed by atoms with Crippen molar-refractivity contribution < 1.29 is 21.6 Å². The quantitative estimate of drug-likeness (QED) is 0.575. The van der Waals surface area contributed by atoms with Crippen LogP contribution in [0.5, 0.6) is 0 Å². The summed E-state index contributed by atoms with van der Waals surface area (Å²) in [4.78, 5) is 14.4. The van der Waals surface area contributed by atoms with Gasteiger partial charge in [0.15, 0.2) is 0 Å². The molecule has 0 aromatic heterocycles. The molecule has 0 aliphatic carbocycles. The van der Waals surface area contributed by atoms with Gasteiger partial charge in [-0.3, -0.25) is 9.52 Å². The zero-order valence-electron chi connectivity index (χ0n) is 18.1. The number of hydrogen-bond acceptors (Lipinski definition) is 5. The van der Waals surface area contributed by atoms with Gasteiger partial charge in [0.2, 0.25) is 15.9 Å². The maximum Gasteiger partial charge on any atom is 0.261 e. The van der Waals surface area contributed by atoms with E-state index in [9.17, 15) is 21.6 Å². The standard InChI is InChI=1S/C23H25N3O5S2/c1-32(28,29)26-14-12-25(13-15-26)23(27)16-18-6-9-21(10-7-18)24-33(30,31)22-11-8-19-4-2-3-5-20(19)17-22/h2-11,17,24H,12-16H2,1H3. The Bertz CT molecular complexity index is 1380. The number of sulfonamides is 2. The molecule has 3 aromatic rings. The van der Waals surface area contributed by atoms with Crippen LogP contribution in [-0.2, 0) is 31.3 Å². The van der Waals surface area contributed by atoms with E-state index < -0.39 is 20.0 Å². The summed E-state index contributed by atoms with van der Waals surface area (Å²) in [6.45, 7) is 1.30. The lowest BCUT2D eigenvalue weighted by molar-refractivity contribution is -0.131. The number of fused-ring (bicyclic) bond motifs is 1. The van der Waals surface area contributed by atoms with Crippen molar-refractivity contribution in [1.29, 1.82) is 0 Å². The molecule has 33 heavy (non-hydrogen) atoms. The van der Waals surface area contributed by atoms with Gasteiger partial charge in [0.25, 0.3) is 10.0 Å². The first kappa shape index (κ1) is 23.2. The third kappa shape index (κ3) is 5.52. The summed E-state index contributed by atoms with van der Waals surface area (Å²) in [5.74, 6) is -0.0901. The highest BCUT2D eigenvalue weighted by Crippen LogP contribution is 2.22. The second-order valence-corrected chi connectivity index (χ2v) is 11.7. The van der Waals surface area contributed by atoms with E-state index in [0.717, 1.165) is 16.3 Å². The molecular weight excluding hydrogens is 462 g/mol. The van der Waals surface area contributed by atoms with Crippen molar-refractivity contribution >= 4 is 42.4 Å². The molecule has 0 atom stereocenters. The van der Waals surface area contributed by atoms with E-state index in [1.54, 1.807) is 47.4 Å². The molecular formula is C23H25N3O5S2. The maximum atomic E-state index is 12.8. The first-order valence-electron chi connectivity index (χ1n) is 10.5. The summed E-state index contributed by atoms with van der Waals surface area (Å²) in [5, 5.41) is 1.80. The number of amides is 1. The van der Waals surface area contributed by atoms with Gasteiger partial charge in [-0.2, -0.15) is 4.31 Å². The van der Waals surface area contributed by atoms with Gasteiger partial charge in [-0.1, -0.05) is 42.5 Å². The van der Waals surface area contributed by atoms with Gasteiger partial charge in [0.05, 0.1) is 17.6 Å². The van der Waals surface area contributed by atoms with Crippen molar-refractivity contribution in [3.05, 3.63) is 72.3 Å². The summed E-state index contributed by atoms with van der Waals surface area (Å²) >= 11 is 0. The minimum absolute atomic E-state index is 0.0901. The zero-order chi connectivity index (χ0) is 23.6. The van der Waals surface area contributed by atoms with Crippen molar-refractivity contribution in [2.24, 2.45) is 0 Å². The van der Waals surface area contributed by atoms with E-state index in [4.69, 9.17) is 0 Å². The van der Waals surface area contributed by atoms with Crippen LogP contribution in [0.25, 0.3) is 10.8 Å². The van der Waals surface area contributed by atoms with E-state index in [1.807, 2.05) is 24.3 Å². The van der Waals surface area contributed by atoms with Gasteiger partial charge in [-0.05, 0) is 40.6 Å². The highest BCUT2D eigenvalue weighted by atomic mass is 32.2. The minimum Gasteiger partial charge on any atom is -0.340 e. The summed E-state index contributed by atoms with van der Waals surface area (Å²) in [6.07, 6.45) is 1.33. The minimum atomic E-state index is -3.75. The molecule has 1 aliphatic rings. The maximum absolute atomic E-state index is 12.8. The number of rotatable bonds is 6. The van der Waals surface area contributed by atoms with Crippen molar-refractivity contribution in [3.63, 3.8) is 0 Å².